The van der Waals surface area contributed by atoms with Crippen LogP contribution in [0, 0.1) is 17.2 Å². The highest BCUT2D eigenvalue weighted by molar-refractivity contribution is 6.50. The maximum atomic E-state index is 8.67. The Labute approximate surface area is 85.9 Å². The van der Waals surface area contributed by atoms with Crippen molar-refractivity contribution in [2.75, 3.05) is 0 Å². The van der Waals surface area contributed by atoms with E-state index in [1.165, 1.54) is 0 Å². The van der Waals surface area contributed by atoms with Gasteiger partial charge in [0.1, 0.15) is 10.4 Å². The summed E-state index contributed by atoms with van der Waals surface area (Å²) in [7, 11) is 0. The molecule has 1 saturated carbocycles. The minimum atomic E-state index is -0.586. The molecule has 1 aromatic heterocycles. The summed E-state index contributed by atoms with van der Waals surface area (Å²) >= 11 is 11.7. The van der Waals surface area contributed by atoms with Crippen molar-refractivity contribution in [2.24, 2.45) is 5.92 Å². The van der Waals surface area contributed by atoms with Crippen molar-refractivity contribution in [2.45, 2.75) is 17.3 Å². The summed E-state index contributed by atoms with van der Waals surface area (Å²) in [6.45, 7) is 0.676. The first-order valence-corrected chi connectivity index (χ1v) is 4.68. The average Bonchev–Trinajstić information content (AvgIpc) is 2.50. The van der Waals surface area contributed by atoms with Gasteiger partial charge in [0.2, 0.25) is 5.82 Å². The molecule has 1 aliphatic carbocycles. The Balaban J connectivity index is 2.08. The second-order valence-electron chi connectivity index (χ2n) is 3.18. The molecule has 5 heteroatoms. The number of halogens is 2. The Hall–Kier alpha value is -0.720. The molecule has 1 atom stereocenters. The molecule has 2 rings (SSSR count). The van der Waals surface area contributed by atoms with Crippen LogP contribution in [0.5, 0.6) is 0 Å². The van der Waals surface area contributed by atoms with E-state index < -0.39 is 4.33 Å². The smallest absolute Gasteiger partial charge is 0.212 e. The largest absolute Gasteiger partial charge is 0.322 e. The lowest BCUT2D eigenvalue weighted by Crippen LogP contribution is -2.05. The van der Waals surface area contributed by atoms with Gasteiger partial charge in [0, 0.05) is 24.9 Å². The third-order valence-corrected chi connectivity index (χ3v) is 3.11. The van der Waals surface area contributed by atoms with Gasteiger partial charge < -0.3 is 4.57 Å². The molecule has 0 bridgehead atoms. The molecule has 1 fully saturated rings. The monoisotopic (exact) mass is 215 g/mol. The van der Waals surface area contributed by atoms with E-state index in [2.05, 4.69) is 4.98 Å². The lowest BCUT2D eigenvalue weighted by molar-refractivity contribution is 0.614. The summed E-state index contributed by atoms with van der Waals surface area (Å²) in [5, 5.41) is 8.67. The summed E-state index contributed by atoms with van der Waals surface area (Å²) in [4.78, 5) is 3.88. The Bertz CT molecular complexity index is 364. The van der Waals surface area contributed by atoms with Gasteiger partial charge in [-0.15, -0.1) is 23.2 Å². The number of hydrogen-bond donors (Lipinski definition) is 0. The fraction of sp³-hybridized carbons (Fsp3) is 0.500. The van der Waals surface area contributed by atoms with Crippen LogP contribution in [0.1, 0.15) is 12.2 Å². The molecule has 0 aliphatic heterocycles. The number of imidazole rings is 1. The zero-order valence-corrected chi connectivity index (χ0v) is 8.26. The van der Waals surface area contributed by atoms with Crippen molar-refractivity contribution in [3.63, 3.8) is 0 Å². The van der Waals surface area contributed by atoms with Gasteiger partial charge in [-0.3, -0.25) is 0 Å². The van der Waals surface area contributed by atoms with Gasteiger partial charge in [0.25, 0.3) is 0 Å². The molecule has 0 spiro atoms. The lowest BCUT2D eigenvalue weighted by Gasteiger charge is -2.02. The van der Waals surface area contributed by atoms with Crippen LogP contribution in [0.3, 0.4) is 0 Å². The molecule has 13 heavy (non-hydrogen) atoms. The van der Waals surface area contributed by atoms with E-state index in [1.54, 1.807) is 17.0 Å². The van der Waals surface area contributed by atoms with Gasteiger partial charge >= 0.3 is 0 Å². The topological polar surface area (TPSA) is 41.6 Å². The van der Waals surface area contributed by atoms with Crippen LogP contribution >= 0.6 is 23.2 Å². The predicted octanol–water partition coefficient (Wildman–Crippen LogP) is 1.95. The predicted molar refractivity (Wildman–Crippen MR) is 49.5 cm³/mol. The highest BCUT2D eigenvalue weighted by Crippen LogP contribution is 2.53. The van der Waals surface area contributed by atoms with Gasteiger partial charge in [0.15, 0.2) is 0 Å². The number of nitrogens with zero attached hydrogens (tertiary/aromatic N) is 3. The van der Waals surface area contributed by atoms with E-state index in [0.29, 0.717) is 12.4 Å². The molecule has 1 heterocycles. The standard InChI is InChI=1S/C8H7Cl2N3/c9-8(10)3-6(8)5-13-2-1-12-7(13)4-11/h1-2,6H,3,5H2. The molecule has 0 amide bonds. The minimum Gasteiger partial charge on any atom is -0.322 e. The van der Waals surface area contributed by atoms with Gasteiger partial charge in [-0.05, 0) is 6.42 Å². The zero-order chi connectivity index (χ0) is 9.47. The third kappa shape index (κ3) is 1.65. The summed E-state index contributed by atoms with van der Waals surface area (Å²) in [6.07, 6.45) is 4.16. The first kappa shape index (κ1) is 8.86. The molecule has 0 aromatic carbocycles. The van der Waals surface area contributed by atoms with Crippen molar-refractivity contribution in [1.82, 2.24) is 9.55 Å². The number of alkyl halides is 2. The van der Waals surface area contributed by atoms with Crippen molar-refractivity contribution in [3.8, 4) is 6.07 Å². The van der Waals surface area contributed by atoms with Crippen LogP contribution in [-0.2, 0) is 6.54 Å². The molecule has 0 saturated heterocycles. The lowest BCUT2D eigenvalue weighted by atomic mass is 10.4. The minimum absolute atomic E-state index is 0.247. The fourth-order valence-corrected chi connectivity index (χ4v) is 1.79. The van der Waals surface area contributed by atoms with E-state index in [1.807, 2.05) is 6.07 Å². The van der Waals surface area contributed by atoms with Crippen LogP contribution in [0.15, 0.2) is 12.4 Å². The number of rotatable bonds is 2. The molecule has 1 unspecified atom stereocenters. The maximum Gasteiger partial charge on any atom is 0.212 e. The van der Waals surface area contributed by atoms with Crippen LogP contribution in [0.25, 0.3) is 0 Å². The van der Waals surface area contributed by atoms with Gasteiger partial charge in [0.05, 0.1) is 0 Å². The molecule has 0 N–H and O–H groups in total. The van der Waals surface area contributed by atoms with Crippen LogP contribution in [0.4, 0.5) is 0 Å². The Morgan fingerprint density at radius 1 is 1.77 bits per heavy atom. The summed E-state index contributed by atoms with van der Waals surface area (Å²) in [6, 6.07) is 2.00. The highest BCUT2D eigenvalue weighted by atomic mass is 35.5. The van der Waals surface area contributed by atoms with Crippen LogP contribution in [-0.4, -0.2) is 13.9 Å². The fourth-order valence-electron chi connectivity index (χ4n) is 1.27. The van der Waals surface area contributed by atoms with Crippen molar-refractivity contribution >= 4 is 23.2 Å². The third-order valence-electron chi connectivity index (χ3n) is 2.19. The first-order chi connectivity index (χ1) is 6.13. The molecular weight excluding hydrogens is 209 g/mol. The Kier molecular flexibility index (Phi) is 1.98. The first-order valence-electron chi connectivity index (χ1n) is 3.92. The second-order valence-corrected chi connectivity index (χ2v) is 4.72. The van der Waals surface area contributed by atoms with E-state index in [4.69, 9.17) is 28.5 Å². The Morgan fingerprint density at radius 3 is 3.00 bits per heavy atom. The van der Waals surface area contributed by atoms with Gasteiger partial charge in [-0.2, -0.15) is 5.26 Å². The average molecular weight is 216 g/mol. The SMILES string of the molecule is N#Cc1nccn1CC1CC1(Cl)Cl. The van der Waals surface area contributed by atoms with E-state index in [9.17, 15) is 0 Å². The number of nitriles is 1. The molecular formula is C8H7Cl2N3. The Morgan fingerprint density at radius 2 is 2.46 bits per heavy atom. The van der Waals surface area contributed by atoms with Crippen LogP contribution in [0.2, 0.25) is 0 Å². The highest BCUT2D eigenvalue weighted by Gasteiger charge is 2.51. The van der Waals surface area contributed by atoms with Gasteiger partial charge in [-0.1, -0.05) is 0 Å². The van der Waals surface area contributed by atoms with E-state index in [0.717, 1.165) is 6.42 Å². The number of aromatic nitrogens is 2. The summed E-state index contributed by atoms with van der Waals surface area (Å²) in [5.41, 5.74) is 0. The normalized spacial score (nSPS) is 23.9. The summed E-state index contributed by atoms with van der Waals surface area (Å²) < 4.78 is 1.19. The maximum absolute atomic E-state index is 8.67. The second kappa shape index (κ2) is 2.90. The van der Waals surface area contributed by atoms with Crippen molar-refractivity contribution in [3.05, 3.63) is 18.2 Å². The van der Waals surface area contributed by atoms with Crippen molar-refractivity contribution < 1.29 is 0 Å². The molecule has 68 valence electrons. The molecule has 1 aromatic rings. The van der Waals surface area contributed by atoms with E-state index in [-0.39, 0.29) is 5.92 Å². The molecule has 0 radical (unpaired) electrons. The number of hydrogen-bond acceptors (Lipinski definition) is 2. The van der Waals surface area contributed by atoms with Crippen LogP contribution < -0.4 is 0 Å². The zero-order valence-electron chi connectivity index (χ0n) is 6.74. The summed E-state index contributed by atoms with van der Waals surface area (Å²) in [5.74, 6) is 0.660. The van der Waals surface area contributed by atoms with Gasteiger partial charge in [-0.25, -0.2) is 4.98 Å². The quantitative estimate of drug-likeness (QED) is 0.709. The van der Waals surface area contributed by atoms with Crippen molar-refractivity contribution in [1.29, 1.82) is 5.26 Å². The van der Waals surface area contributed by atoms with E-state index >= 15 is 0 Å². The molecule has 1 aliphatic rings. The molecule has 3 nitrogen and oxygen atoms in total.